The number of benzene rings is 1. The molecule has 0 amide bonds. The number of aromatic nitrogens is 4. The highest BCUT2D eigenvalue weighted by atomic mass is 16.6. The molecule has 3 aromatic rings. The molecule has 0 fully saturated rings. The van der Waals surface area contributed by atoms with Gasteiger partial charge < -0.3 is 0 Å². The van der Waals surface area contributed by atoms with E-state index in [0.29, 0.717) is 11.1 Å². The maximum Gasteiger partial charge on any atom is 0.293 e. The molecule has 0 radical (unpaired) electrons. The van der Waals surface area contributed by atoms with Crippen molar-refractivity contribution in [2.75, 3.05) is 0 Å². The number of rotatable bonds is 4. The monoisotopic (exact) mass is 369 g/mol. The lowest BCUT2D eigenvalue weighted by Crippen LogP contribution is -2.31. The number of non-ortho nitro benzene ring substituents is 1. The van der Waals surface area contributed by atoms with E-state index in [1.807, 2.05) is 34.6 Å². The van der Waals surface area contributed by atoms with Gasteiger partial charge in [0, 0.05) is 17.5 Å². The number of hydrogen-bond donors (Lipinski definition) is 0. The van der Waals surface area contributed by atoms with Gasteiger partial charge in [0.15, 0.2) is 0 Å². The van der Waals surface area contributed by atoms with Crippen LogP contribution in [0.5, 0.6) is 0 Å². The fraction of sp³-hybridized carbons (Fsp3) is 0.421. The van der Waals surface area contributed by atoms with Crippen molar-refractivity contribution in [3.05, 3.63) is 62.2 Å². The topological polar surface area (TPSA) is 95.8 Å². The largest absolute Gasteiger partial charge is 0.293 e. The van der Waals surface area contributed by atoms with Crippen LogP contribution >= 0.6 is 0 Å². The Kier molecular flexibility index (Phi) is 4.59. The Morgan fingerprint density at radius 1 is 1.26 bits per heavy atom. The molecule has 0 aliphatic rings. The van der Waals surface area contributed by atoms with Crippen molar-refractivity contribution in [3.8, 4) is 0 Å². The third kappa shape index (κ3) is 3.47. The molecular weight excluding hydrogens is 346 g/mol. The standard InChI is InChI=1S/C19H23N5O3/c1-12(2)16-15-10-20-23(19(3,4)5)17(15)18(25)22(21-16)11-13-7-6-8-14(9-13)24(26)27/h6-10,12H,11H2,1-5H3. The van der Waals surface area contributed by atoms with Crippen LogP contribution in [0.2, 0.25) is 0 Å². The highest BCUT2D eigenvalue weighted by Crippen LogP contribution is 2.25. The quantitative estimate of drug-likeness (QED) is 0.518. The Labute approximate surface area is 156 Å². The average Bonchev–Trinajstić information content (AvgIpc) is 3.03. The van der Waals surface area contributed by atoms with Crippen molar-refractivity contribution in [1.82, 2.24) is 19.6 Å². The van der Waals surface area contributed by atoms with Crippen molar-refractivity contribution < 1.29 is 4.92 Å². The highest BCUT2D eigenvalue weighted by Gasteiger charge is 2.23. The summed E-state index contributed by atoms with van der Waals surface area (Å²) >= 11 is 0. The van der Waals surface area contributed by atoms with Crippen LogP contribution in [0.25, 0.3) is 10.9 Å². The van der Waals surface area contributed by atoms with Crippen molar-refractivity contribution in [2.24, 2.45) is 0 Å². The molecule has 0 aliphatic carbocycles. The minimum absolute atomic E-state index is 0.00885. The summed E-state index contributed by atoms with van der Waals surface area (Å²) in [6, 6.07) is 6.26. The summed E-state index contributed by atoms with van der Waals surface area (Å²) in [5.41, 5.74) is 1.31. The third-order valence-electron chi connectivity index (χ3n) is 4.35. The van der Waals surface area contributed by atoms with Crippen LogP contribution in [0.4, 0.5) is 5.69 Å². The van der Waals surface area contributed by atoms with E-state index in [9.17, 15) is 14.9 Å². The molecule has 0 aliphatic heterocycles. The smallest absolute Gasteiger partial charge is 0.265 e. The first-order chi connectivity index (χ1) is 12.6. The summed E-state index contributed by atoms with van der Waals surface area (Å²) in [6.07, 6.45) is 1.70. The summed E-state index contributed by atoms with van der Waals surface area (Å²) in [6.45, 7) is 10.1. The van der Waals surface area contributed by atoms with E-state index in [0.717, 1.165) is 11.1 Å². The number of nitro groups is 1. The highest BCUT2D eigenvalue weighted by molar-refractivity contribution is 5.80. The van der Waals surface area contributed by atoms with Gasteiger partial charge in [0.05, 0.1) is 28.9 Å². The molecule has 2 aromatic heterocycles. The van der Waals surface area contributed by atoms with E-state index in [2.05, 4.69) is 10.2 Å². The average molecular weight is 369 g/mol. The zero-order valence-electron chi connectivity index (χ0n) is 16.1. The van der Waals surface area contributed by atoms with Crippen LogP contribution in [0.15, 0.2) is 35.3 Å². The predicted molar refractivity (Wildman–Crippen MR) is 103 cm³/mol. The van der Waals surface area contributed by atoms with E-state index in [4.69, 9.17) is 0 Å². The molecule has 0 bridgehead atoms. The summed E-state index contributed by atoms with van der Waals surface area (Å²) in [5, 5.41) is 20.7. The van der Waals surface area contributed by atoms with Crippen LogP contribution in [-0.2, 0) is 12.1 Å². The third-order valence-corrected chi connectivity index (χ3v) is 4.35. The van der Waals surface area contributed by atoms with E-state index in [-0.39, 0.29) is 29.2 Å². The zero-order valence-corrected chi connectivity index (χ0v) is 16.1. The maximum absolute atomic E-state index is 13.2. The predicted octanol–water partition coefficient (Wildman–Crippen LogP) is 3.43. The fourth-order valence-corrected chi connectivity index (χ4v) is 3.08. The van der Waals surface area contributed by atoms with Gasteiger partial charge in [-0.15, -0.1) is 0 Å². The minimum Gasteiger partial charge on any atom is -0.265 e. The van der Waals surface area contributed by atoms with Gasteiger partial charge in [-0.3, -0.25) is 19.6 Å². The Morgan fingerprint density at radius 3 is 2.56 bits per heavy atom. The van der Waals surface area contributed by atoms with Crippen molar-refractivity contribution in [2.45, 2.75) is 52.6 Å². The van der Waals surface area contributed by atoms with E-state index >= 15 is 0 Å². The summed E-state index contributed by atoms with van der Waals surface area (Å²) in [5.74, 6) is 0.0991. The number of nitro benzene ring substituents is 1. The minimum atomic E-state index is -0.447. The molecule has 1 aromatic carbocycles. The molecule has 3 rings (SSSR count). The van der Waals surface area contributed by atoms with Crippen molar-refractivity contribution in [3.63, 3.8) is 0 Å². The van der Waals surface area contributed by atoms with Crippen LogP contribution < -0.4 is 5.56 Å². The van der Waals surface area contributed by atoms with Gasteiger partial charge in [-0.25, -0.2) is 4.68 Å². The molecule has 0 saturated heterocycles. The molecular formula is C19H23N5O3. The van der Waals surface area contributed by atoms with E-state index in [1.54, 1.807) is 23.0 Å². The van der Waals surface area contributed by atoms with E-state index in [1.165, 1.54) is 16.8 Å². The van der Waals surface area contributed by atoms with Gasteiger partial charge in [-0.2, -0.15) is 10.2 Å². The Hall–Kier alpha value is -3.03. The van der Waals surface area contributed by atoms with E-state index < -0.39 is 4.92 Å². The van der Waals surface area contributed by atoms with Gasteiger partial charge in [0.1, 0.15) is 5.52 Å². The Morgan fingerprint density at radius 2 is 1.96 bits per heavy atom. The lowest BCUT2D eigenvalue weighted by Gasteiger charge is -2.21. The van der Waals surface area contributed by atoms with Gasteiger partial charge >= 0.3 is 0 Å². The Bertz CT molecular complexity index is 1070. The molecule has 0 saturated carbocycles. The molecule has 0 unspecified atom stereocenters. The molecule has 8 heteroatoms. The van der Waals surface area contributed by atoms with Gasteiger partial charge in [0.25, 0.3) is 11.2 Å². The lowest BCUT2D eigenvalue weighted by atomic mass is 10.1. The van der Waals surface area contributed by atoms with Crippen molar-refractivity contribution >= 4 is 16.6 Å². The normalized spacial score (nSPS) is 12.1. The second-order valence-electron chi connectivity index (χ2n) is 7.92. The molecule has 0 spiro atoms. The van der Waals surface area contributed by atoms with Crippen LogP contribution in [-0.4, -0.2) is 24.5 Å². The summed E-state index contributed by atoms with van der Waals surface area (Å²) in [4.78, 5) is 23.7. The number of hydrogen-bond acceptors (Lipinski definition) is 5. The van der Waals surface area contributed by atoms with Gasteiger partial charge in [-0.05, 0) is 32.3 Å². The molecule has 2 heterocycles. The molecule has 27 heavy (non-hydrogen) atoms. The number of fused-ring (bicyclic) bond motifs is 1. The Balaban J connectivity index is 2.21. The van der Waals surface area contributed by atoms with Gasteiger partial charge in [0.2, 0.25) is 0 Å². The molecule has 8 nitrogen and oxygen atoms in total. The zero-order chi connectivity index (χ0) is 19.9. The SMILES string of the molecule is CC(C)c1nn(Cc2cccc([N+](=O)[O-])c2)c(=O)c2c1cnn2C(C)(C)C. The first kappa shape index (κ1) is 18.8. The van der Waals surface area contributed by atoms with Crippen molar-refractivity contribution in [1.29, 1.82) is 0 Å². The lowest BCUT2D eigenvalue weighted by molar-refractivity contribution is -0.384. The molecule has 0 N–H and O–H groups in total. The first-order valence-corrected chi connectivity index (χ1v) is 8.82. The van der Waals surface area contributed by atoms with Crippen LogP contribution in [0.3, 0.4) is 0 Å². The number of nitrogens with zero attached hydrogens (tertiary/aromatic N) is 5. The van der Waals surface area contributed by atoms with Crippen LogP contribution in [0, 0.1) is 10.1 Å². The van der Waals surface area contributed by atoms with Crippen LogP contribution in [0.1, 0.15) is 51.8 Å². The fourth-order valence-electron chi connectivity index (χ4n) is 3.08. The molecule has 142 valence electrons. The van der Waals surface area contributed by atoms with Gasteiger partial charge in [-0.1, -0.05) is 26.0 Å². The second kappa shape index (κ2) is 6.61. The summed E-state index contributed by atoms with van der Waals surface area (Å²) < 4.78 is 3.10. The first-order valence-electron chi connectivity index (χ1n) is 8.82. The summed E-state index contributed by atoms with van der Waals surface area (Å²) in [7, 11) is 0. The maximum atomic E-state index is 13.2. The molecule has 0 atom stereocenters. The second-order valence-corrected chi connectivity index (χ2v) is 7.92.